The molecule has 0 saturated carbocycles. The zero-order valence-electron chi connectivity index (χ0n) is 78.8. The number of carboxylic acids is 2. The maximum absolute atomic E-state index is 12.3. The SMILES string of the molecule is C=C(C)NCCC[C@H](NC(=O)OC(C)(C)C)C(=O)O.C=C(C)NCCC[C@H](NC(=O)OC(C)(C)C)C(=O)ON1C(=O)C=CC1=O.CC(=O)O[C@@H](C)[C@H](C)C1Cc2c(nc(N)[nH]c2=O)NC1NNc1ccccc1.CC(=O)O[C@@H](C)[C@H](C)c1cnc2nc(N)[nH]c(=O)c2n1.C[C@H](O)[C@H](O)C1CNc2nc(N)[nH]c(=O)c2C1.NC(N)=NCCC[C@H](N)C(=O)O.Nc1nc(N)c(N)c(=O)[nH]1.[2H]SC. The number of aliphatic hydroxyl groups excluding tert-OH is 2. The number of hydroxylamine groups is 2. The molecule has 3 aliphatic rings. The van der Waals surface area contributed by atoms with E-state index >= 15 is 0 Å². The van der Waals surface area contributed by atoms with E-state index in [1.807, 2.05) is 58.0 Å². The second-order valence-electron chi connectivity index (χ2n) is 32.2. The first-order valence-electron chi connectivity index (χ1n) is 42.1. The number of aromatic nitrogens is 10. The van der Waals surface area contributed by atoms with Crippen molar-refractivity contribution in [3.8, 4) is 0 Å². The second-order valence-corrected chi connectivity index (χ2v) is 32.2. The minimum Gasteiger partial charge on any atom is -0.480 e. The number of guanidine groups is 1. The number of nitrogens with two attached hydrogens (primary N) is 9. The number of imide groups is 1. The van der Waals surface area contributed by atoms with Gasteiger partial charge in [-0.25, -0.2) is 34.6 Å². The number of fused-ring (bicyclic) bond motifs is 3. The Morgan fingerprint density at radius 2 is 1.13 bits per heavy atom. The molecule has 4 amide bonds. The zero-order valence-corrected chi connectivity index (χ0v) is 78.6. The first kappa shape index (κ1) is 114. The number of H-pyrrole nitrogens is 4. The number of nitrogens with one attached hydrogen (secondary N) is 12. The normalized spacial score (nSPS) is 15.8. The van der Waals surface area contributed by atoms with E-state index < -0.39 is 94.6 Å². The zero-order chi connectivity index (χ0) is 103. The highest BCUT2D eigenvalue weighted by Gasteiger charge is 2.39. The maximum atomic E-state index is 12.3. The van der Waals surface area contributed by atoms with E-state index in [4.69, 9.17) is 86.7 Å². The highest BCUT2D eigenvalue weighted by molar-refractivity contribution is 7.79. The van der Waals surface area contributed by atoms with Gasteiger partial charge in [0.2, 0.25) is 23.8 Å². The molecule has 1 aromatic carbocycles. The third kappa shape index (κ3) is 43.1. The Morgan fingerprint density at radius 3 is 1.63 bits per heavy atom. The standard InChI is InChI=1S/C19H26N6O3.C17H25N3O6.C13H24N2O4.C12H15N5O3.C10H16N4O3.C6H14N4O2.C4H7N5O.CH4S/c1-10(11(2)28-12(3)26)14-9-15-16(22-19(20)23-18(15)27)21-17(14)25-24-13-7-5-4-6-8-13;1-11(2)18-10-6-7-12(19-16(24)25-17(3,4)5)15(23)26-20-13(21)8-9-14(20)22;1-9(2)14-8-6-7-10(11(16)17)15-12(18)19-13(3,4)5;1-5(6(2)20-7(3)18)8-4-14-10-9(15-8)11(19)17-12(13)16-10;1-4(15)7(16)5-2-6-8(12-3-5)13-10(11)14-9(6)17;7-4(5(11)12)2-1-3-10-6(8)9;5-1-2(6)8-4(7)9-3(1)10;1-2/h4-8,10-11,14,17,24-25H,9H2,1-3H3,(H4,20,21,22,23,27);8-9,12,18H,1,6-7,10H2,2-5H3,(H,19,24);10,14H,1,6-8H2,2-5H3,(H,15,18)(H,16,17);4-6H,1-3H3,(H3,13,14,16,17,19);4-5,7,15-16H,2-3H2,1H3,(H4,11,12,13,14,17);4H,1-3,7H2,(H,11,12)(H4,8,9,10);5H2,(H5,6,7,8,9,10);2H,1H3/t10-,11-,14?,17?;12-;10-;5-,6-;4-,5?,7-;4-;;/m000000../s1/i/hD. The number of nitrogen functional groups attached to an aromatic ring is 6. The highest BCUT2D eigenvalue weighted by Crippen LogP contribution is 2.32. The molecule has 0 bridgehead atoms. The van der Waals surface area contributed by atoms with Crippen LogP contribution in [0.5, 0.6) is 0 Å². The predicted molar refractivity (Wildman–Crippen MR) is 506 cm³/mol. The van der Waals surface area contributed by atoms with Gasteiger partial charge in [0.25, 0.3) is 34.1 Å². The lowest BCUT2D eigenvalue weighted by molar-refractivity contribution is -0.197. The number of hydrogen-bond acceptors (Lipinski definition) is 41. The molecule has 0 aliphatic carbocycles. The van der Waals surface area contributed by atoms with Gasteiger partial charge >= 0.3 is 42.0 Å². The first-order valence-corrected chi connectivity index (χ1v) is 42.5. The molecule has 134 heavy (non-hydrogen) atoms. The van der Waals surface area contributed by atoms with Gasteiger partial charge in [-0.3, -0.25) is 68.1 Å². The van der Waals surface area contributed by atoms with Crippen molar-refractivity contribution in [3.63, 3.8) is 0 Å². The average Bonchev–Trinajstić information content (AvgIpc) is 1.46. The number of para-hydroxylation sites is 1. The van der Waals surface area contributed by atoms with Crippen LogP contribution in [0.25, 0.3) is 11.2 Å². The Labute approximate surface area is 778 Å². The summed E-state index contributed by atoms with van der Waals surface area (Å²) in [5, 5.41) is 53.8. The summed E-state index contributed by atoms with van der Waals surface area (Å²) in [5.74, 6) is -4.75. The number of hydrogen-bond donors (Lipinski definition) is 26. The number of allylic oxidation sites excluding steroid dienone is 2. The molecule has 52 heteroatoms. The lowest BCUT2D eigenvalue weighted by atomic mass is 9.81. The van der Waals surface area contributed by atoms with E-state index in [0.29, 0.717) is 105 Å². The maximum Gasteiger partial charge on any atom is 0.408 e. The van der Waals surface area contributed by atoms with E-state index in [0.717, 1.165) is 41.8 Å². The molecule has 9 rings (SSSR count). The van der Waals surface area contributed by atoms with Gasteiger partial charge in [-0.1, -0.05) is 50.3 Å². The lowest BCUT2D eigenvalue weighted by Gasteiger charge is -2.39. The fourth-order valence-corrected chi connectivity index (χ4v) is 11.7. The van der Waals surface area contributed by atoms with Gasteiger partial charge < -0.3 is 133 Å². The van der Waals surface area contributed by atoms with E-state index in [-0.39, 0.29) is 124 Å². The van der Waals surface area contributed by atoms with Crippen LogP contribution in [0.4, 0.5) is 62.2 Å². The fourth-order valence-electron chi connectivity index (χ4n) is 11.7. The molecule has 0 saturated heterocycles. The van der Waals surface area contributed by atoms with Crippen molar-refractivity contribution < 1.29 is 87.4 Å². The Kier molecular flexibility index (Phi) is 47.8. The van der Waals surface area contributed by atoms with E-state index in [1.165, 1.54) is 27.0 Å². The summed E-state index contributed by atoms with van der Waals surface area (Å²) in [6, 6.07) is 6.82. The Balaban J connectivity index is 0.000000541. The number of hydrazine groups is 1. The van der Waals surface area contributed by atoms with Crippen LogP contribution in [-0.2, 0) is 70.2 Å². The van der Waals surface area contributed by atoms with Crippen molar-refractivity contribution in [2.75, 3.05) is 82.9 Å². The minimum atomic E-state index is -1.09. The number of ether oxygens (including phenoxy) is 4. The summed E-state index contributed by atoms with van der Waals surface area (Å²) < 4.78 is 26.7. The van der Waals surface area contributed by atoms with Crippen molar-refractivity contribution in [2.24, 2.45) is 39.9 Å². The monoisotopic (exact) mass is 1910 g/mol. The number of aromatic amines is 4. The van der Waals surface area contributed by atoms with Gasteiger partial charge in [-0.05, 0) is 152 Å². The molecule has 3 aliphatic heterocycles. The van der Waals surface area contributed by atoms with E-state index in [9.17, 15) is 72.5 Å². The highest BCUT2D eigenvalue weighted by atomic mass is 32.1. The number of aliphatic carboxylic acids is 2. The van der Waals surface area contributed by atoms with Crippen LogP contribution in [-0.4, -0.2) is 229 Å². The number of rotatable bonds is 31. The number of thiol groups is 1. The van der Waals surface area contributed by atoms with Gasteiger partial charge in [0, 0.05) is 87.0 Å². The Morgan fingerprint density at radius 1 is 0.649 bits per heavy atom. The number of anilines is 9. The number of benzene rings is 1. The molecule has 0 radical (unpaired) electrons. The van der Waals surface area contributed by atoms with Crippen molar-refractivity contribution in [2.45, 2.75) is 221 Å². The molecule has 8 heterocycles. The summed E-state index contributed by atoms with van der Waals surface area (Å²) in [5.41, 5.74) is 55.1. The number of esters is 2. The van der Waals surface area contributed by atoms with Crippen molar-refractivity contribution >= 4 is 136 Å². The molecule has 0 fully saturated rings. The van der Waals surface area contributed by atoms with Crippen LogP contribution in [0.3, 0.4) is 0 Å². The minimum absolute atomic E-state index is 0.00844. The molecule has 51 nitrogen and oxygen atoms in total. The number of carboxylic acid groups (broad SMARTS) is 2. The molecule has 5 aromatic heterocycles. The topological polar surface area (TPSA) is 835 Å². The number of nitrogens with zero attached hydrogens (tertiary/aromatic N) is 8. The van der Waals surface area contributed by atoms with Crippen LogP contribution in [0.1, 0.15) is 165 Å². The summed E-state index contributed by atoms with van der Waals surface area (Å²) in [6.45, 7) is 34.9. The molecule has 12 atom stereocenters. The number of aliphatic imine (C=N–C) groups is 1. The van der Waals surface area contributed by atoms with Gasteiger partial charge in [0.05, 0.1) is 41.4 Å². The molecular weight excluding hydrogens is 1780 g/mol. The van der Waals surface area contributed by atoms with Gasteiger partial charge in [-0.2, -0.15) is 32.5 Å². The number of alkyl carbamates (subject to hydrolysis) is 2. The molecule has 0 spiro atoms. The van der Waals surface area contributed by atoms with Crippen LogP contribution in [0, 0.1) is 17.8 Å². The smallest absolute Gasteiger partial charge is 0.408 e. The first-order chi connectivity index (χ1) is 62.9. The predicted octanol–water partition coefficient (Wildman–Crippen LogP) is 1.04. The quantitative estimate of drug-likeness (QED) is 0.00423. The van der Waals surface area contributed by atoms with Crippen LogP contribution >= 0.6 is 12.5 Å². The molecule has 6 aromatic rings. The van der Waals surface area contributed by atoms with Crippen LogP contribution in [0.2, 0.25) is 0 Å². The largest absolute Gasteiger partial charge is 0.480 e. The third-order valence-corrected chi connectivity index (χ3v) is 18.5. The Hall–Kier alpha value is -14.4. The molecular formula is C82H131N29O22S. The van der Waals surface area contributed by atoms with Crippen LogP contribution < -0.4 is 117 Å². The van der Waals surface area contributed by atoms with Gasteiger partial charge in [-0.15, -0.1) is 0 Å². The summed E-state index contributed by atoms with van der Waals surface area (Å²) >= 11 is 1.000. The summed E-state index contributed by atoms with van der Waals surface area (Å²) in [7, 11) is 0. The molecule has 742 valence electrons. The summed E-state index contributed by atoms with van der Waals surface area (Å²) in [6.07, 6.45) is 4.46. The number of carbonyl (C=O) groups excluding carboxylic acids is 7. The fraction of sp³-hybridized carbons (Fsp3) is 0.512. The van der Waals surface area contributed by atoms with Gasteiger partial charge in [0.15, 0.2) is 22.9 Å². The average molecular weight is 1910 g/mol. The number of aliphatic hydroxyl groups is 2. The van der Waals surface area contributed by atoms with Gasteiger partial charge in [0.1, 0.15) is 60.0 Å². The Bertz CT molecular complexity index is 5240. The molecule has 34 N–H and O–H groups in total. The summed E-state index contributed by atoms with van der Waals surface area (Å²) in [4.78, 5) is 191. The lowest BCUT2D eigenvalue weighted by Crippen LogP contribution is -2.53. The van der Waals surface area contributed by atoms with E-state index in [1.54, 1.807) is 61.6 Å². The second kappa shape index (κ2) is 56.3. The van der Waals surface area contributed by atoms with E-state index in [2.05, 4.69) is 111 Å². The molecule has 3 unspecified atom stereocenters. The van der Waals surface area contributed by atoms with Crippen molar-refractivity contribution in [3.05, 3.63) is 131 Å². The number of amides is 4. The van der Waals surface area contributed by atoms with Crippen molar-refractivity contribution in [1.29, 1.82) is 1.12 Å². The van der Waals surface area contributed by atoms with Crippen LogP contribution in [0.15, 0.2) is 97.4 Å². The third-order valence-electron chi connectivity index (χ3n) is 18.5. The van der Waals surface area contributed by atoms with Crippen molar-refractivity contribution in [1.82, 2.24) is 81.6 Å². The number of carbonyl (C=O) groups is 9.